The van der Waals surface area contributed by atoms with Crippen molar-refractivity contribution in [2.45, 2.75) is 25.4 Å². The van der Waals surface area contributed by atoms with Crippen LogP contribution in [0.1, 0.15) is 30.1 Å². The van der Waals surface area contributed by atoms with Gasteiger partial charge < -0.3 is 25.2 Å². The Morgan fingerprint density at radius 1 is 1.23 bits per heavy atom. The minimum atomic E-state index is -0.533. The van der Waals surface area contributed by atoms with Gasteiger partial charge >= 0.3 is 6.03 Å². The van der Waals surface area contributed by atoms with Gasteiger partial charge in [-0.05, 0) is 37.3 Å². The largest absolute Gasteiger partial charge is 0.492 e. The quantitative estimate of drug-likeness (QED) is 0.776. The van der Waals surface area contributed by atoms with Crippen molar-refractivity contribution in [3.8, 4) is 5.75 Å². The molecule has 8 heteroatoms. The lowest BCUT2D eigenvalue weighted by Gasteiger charge is -2.51. The van der Waals surface area contributed by atoms with E-state index in [9.17, 15) is 9.59 Å². The van der Waals surface area contributed by atoms with Crippen LogP contribution in [0.3, 0.4) is 0 Å². The maximum Gasteiger partial charge on any atom is 0.321 e. The number of ether oxygens (including phenoxy) is 1. The monoisotopic (exact) mass is 428 g/mol. The number of rotatable bonds is 3. The third-order valence-corrected chi connectivity index (χ3v) is 6.10. The fraction of sp³-hybridized carbons (Fsp3) is 0.364. The molecule has 2 aromatic carbocycles. The Bertz CT molecular complexity index is 973. The molecule has 0 aromatic heterocycles. The summed E-state index contributed by atoms with van der Waals surface area (Å²) in [5, 5.41) is 6.69. The van der Waals surface area contributed by atoms with Gasteiger partial charge in [-0.2, -0.15) is 0 Å². The summed E-state index contributed by atoms with van der Waals surface area (Å²) in [6.45, 7) is 3.46. The van der Waals surface area contributed by atoms with Gasteiger partial charge in [-0.3, -0.25) is 4.79 Å². The van der Waals surface area contributed by atoms with Crippen LogP contribution in [0.2, 0.25) is 5.02 Å². The Balaban J connectivity index is 1.46. The van der Waals surface area contributed by atoms with Crippen LogP contribution in [-0.4, -0.2) is 49.2 Å². The maximum atomic E-state index is 12.8. The van der Waals surface area contributed by atoms with E-state index in [0.29, 0.717) is 54.6 Å². The molecule has 0 unspecified atom stereocenters. The number of carbonyl (C=O) groups is 2. The van der Waals surface area contributed by atoms with E-state index in [1.807, 2.05) is 44.3 Å². The van der Waals surface area contributed by atoms with Gasteiger partial charge in [0.15, 0.2) is 0 Å². The number of likely N-dealkylation sites (tertiary alicyclic amines) is 1. The highest BCUT2D eigenvalue weighted by Crippen LogP contribution is 2.37. The number of amides is 3. The fourth-order valence-corrected chi connectivity index (χ4v) is 4.32. The van der Waals surface area contributed by atoms with Gasteiger partial charge in [-0.25, -0.2) is 4.79 Å². The summed E-state index contributed by atoms with van der Waals surface area (Å²) < 4.78 is 5.59. The molecule has 7 nitrogen and oxygen atoms in total. The molecule has 3 amide bonds. The van der Waals surface area contributed by atoms with Crippen molar-refractivity contribution >= 4 is 34.9 Å². The zero-order valence-corrected chi connectivity index (χ0v) is 17.8. The molecule has 2 N–H and O–H groups in total. The molecule has 1 spiro atoms. The number of halogens is 1. The second-order valence-corrected chi connectivity index (χ2v) is 7.99. The smallest absolute Gasteiger partial charge is 0.321 e. The number of hydrogen-bond donors (Lipinski definition) is 2. The first-order chi connectivity index (χ1) is 14.4. The number of para-hydroxylation sites is 2. The molecular formula is C22H25ClN4O3. The van der Waals surface area contributed by atoms with Crippen LogP contribution in [0.15, 0.2) is 42.5 Å². The van der Waals surface area contributed by atoms with Crippen LogP contribution in [-0.2, 0) is 0 Å². The number of carbonyl (C=O) groups excluding carboxylic acids is 2. The summed E-state index contributed by atoms with van der Waals surface area (Å²) >= 11 is 6.16. The van der Waals surface area contributed by atoms with Crippen LogP contribution < -0.4 is 20.3 Å². The highest BCUT2D eigenvalue weighted by atomic mass is 35.5. The molecule has 158 valence electrons. The number of piperidine rings is 1. The number of urea groups is 1. The summed E-state index contributed by atoms with van der Waals surface area (Å²) in [6, 6.07) is 12.5. The van der Waals surface area contributed by atoms with E-state index in [4.69, 9.17) is 16.3 Å². The predicted octanol–water partition coefficient (Wildman–Crippen LogP) is 3.94. The summed E-state index contributed by atoms with van der Waals surface area (Å²) in [5.41, 5.74) is 1.54. The van der Waals surface area contributed by atoms with E-state index in [1.54, 1.807) is 17.0 Å². The number of benzene rings is 2. The van der Waals surface area contributed by atoms with Crippen molar-refractivity contribution in [2.75, 3.05) is 37.0 Å². The predicted molar refractivity (Wildman–Crippen MR) is 117 cm³/mol. The average Bonchev–Trinajstić information content (AvgIpc) is 2.74. The van der Waals surface area contributed by atoms with E-state index >= 15 is 0 Å². The van der Waals surface area contributed by atoms with Gasteiger partial charge in [-0.1, -0.05) is 23.7 Å². The van der Waals surface area contributed by atoms with Crippen molar-refractivity contribution in [2.24, 2.45) is 0 Å². The Labute approximate surface area is 180 Å². The average molecular weight is 429 g/mol. The third-order valence-electron chi connectivity index (χ3n) is 5.86. The third kappa shape index (κ3) is 3.65. The van der Waals surface area contributed by atoms with Crippen LogP contribution in [0, 0.1) is 0 Å². The Kier molecular flexibility index (Phi) is 5.47. The minimum Gasteiger partial charge on any atom is -0.492 e. The van der Waals surface area contributed by atoms with E-state index < -0.39 is 5.66 Å². The van der Waals surface area contributed by atoms with E-state index in [0.717, 1.165) is 5.69 Å². The van der Waals surface area contributed by atoms with Crippen LogP contribution in [0.5, 0.6) is 5.75 Å². The van der Waals surface area contributed by atoms with Gasteiger partial charge in [0.25, 0.3) is 5.91 Å². The molecule has 2 aliphatic heterocycles. The molecular weight excluding hydrogens is 404 g/mol. The van der Waals surface area contributed by atoms with Crippen molar-refractivity contribution < 1.29 is 14.3 Å². The Morgan fingerprint density at radius 3 is 2.70 bits per heavy atom. The summed E-state index contributed by atoms with van der Waals surface area (Å²) in [4.78, 5) is 29.4. The van der Waals surface area contributed by atoms with E-state index in [2.05, 4.69) is 15.5 Å². The van der Waals surface area contributed by atoms with Gasteiger partial charge in [0.1, 0.15) is 11.4 Å². The molecule has 0 aliphatic carbocycles. The standard InChI is InChI=1S/C22H25ClN4O3/c1-3-30-19-7-5-4-6-17(19)24-21(29)27-12-10-22(11-13-27)25-20(28)16-9-8-15(23)14-18(16)26(22)2/h4-9,14H,3,10-13H2,1-2H3,(H,24,29)(H,25,28). The van der Waals surface area contributed by atoms with Crippen molar-refractivity contribution in [1.82, 2.24) is 10.2 Å². The fourth-order valence-electron chi connectivity index (χ4n) is 4.15. The second kappa shape index (κ2) is 8.07. The molecule has 0 bridgehead atoms. The molecule has 1 fully saturated rings. The molecule has 0 radical (unpaired) electrons. The number of hydrogen-bond acceptors (Lipinski definition) is 4. The van der Waals surface area contributed by atoms with E-state index in [1.165, 1.54) is 0 Å². The number of nitrogens with zero attached hydrogens (tertiary/aromatic N) is 2. The number of anilines is 2. The van der Waals surface area contributed by atoms with Crippen molar-refractivity contribution in [3.63, 3.8) is 0 Å². The molecule has 4 rings (SSSR count). The van der Waals surface area contributed by atoms with Crippen molar-refractivity contribution in [1.29, 1.82) is 0 Å². The zero-order chi connectivity index (χ0) is 21.3. The molecule has 2 heterocycles. The number of nitrogens with one attached hydrogen (secondary N) is 2. The van der Waals surface area contributed by atoms with Crippen LogP contribution >= 0.6 is 11.6 Å². The van der Waals surface area contributed by atoms with Gasteiger partial charge in [-0.15, -0.1) is 0 Å². The molecule has 1 saturated heterocycles. The molecule has 0 atom stereocenters. The summed E-state index contributed by atoms with van der Waals surface area (Å²) in [5.74, 6) is 0.540. The van der Waals surface area contributed by atoms with Gasteiger partial charge in [0, 0.05) is 38.0 Å². The van der Waals surface area contributed by atoms with Crippen LogP contribution in [0.4, 0.5) is 16.2 Å². The van der Waals surface area contributed by atoms with E-state index in [-0.39, 0.29) is 11.9 Å². The first-order valence-electron chi connectivity index (χ1n) is 10.1. The normalized spacial score (nSPS) is 17.4. The maximum absolute atomic E-state index is 12.8. The topological polar surface area (TPSA) is 73.9 Å². The summed E-state index contributed by atoms with van der Waals surface area (Å²) in [7, 11) is 1.96. The summed E-state index contributed by atoms with van der Waals surface area (Å²) in [6.07, 6.45) is 1.23. The minimum absolute atomic E-state index is 0.108. The van der Waals surface area contributed by atoms with Crippen LogP contribution in [0.25, 0.3) is 0 Å². The molecule has 30 heavy (non-hydrogen) atoms. The number of fused-ring (bicyclic) bond motifs is 1. The lowest BCUT2D eigenvalue weighted by atomic mass is 9.90. The first-order valence-corrected chi connectivity index (χ1v) is 10.4. The highest BCUT2D eigenvalue weighted by molar-refractivity contribution is 6.31. The highest BCUT2D eigenvalue weighted by Gasteiger charge is 2.44. The lowest BCUT2D eigenvalue weighted by Crippen LogP contribution is -2.67. The molecule has 2 aliphatic rings. The van der Waals surface area contributed by atoms with Crippen molar-refractivity contribution in [3.05, 3.63) is 53.1 Å². The zero-order valence-electron chi connectivity index (χ0n) is 17.1. The lowest BCUT2D eigenvalue weighted by molar-refractivity contribution is 0.0815. The molecule has 0 saturated carbocycles. The second-order valence-electron chi connectivity index (χ2n) is 7.55. The van der Waals surface area contributed by atoms with Gasteiger partial charge in [0.2, 0.25) is 0 Å². The Hall–Kier alpha value is -2.93. The molecule has 2 aromatic rings. The SMILES string of the molecule is CCOc1ccccc1NC(=O)N1CCC2(CC1)NC(=O)c1ccc(Cl)cc1N2C. The van der Waals surface area contributed by atoms with Gasteiger partial charge in [0.05, 0.1) is 23.5 Å². The Morgan fingerprint density at radius 2 is 1.97 bits per heavy atom. The first kappa shape index (κ1) is 20.3.